The molecule has 2 N–H and O–H groups in total. The molecule has 6 nitrogen and oxygen atoms in total. The average molecular weight is 320 g/mol. The topological polar surface area (TPSA) is 84.9 Å². The lowest BCUT2D eigenvalue weighted by Crippen LogP contribution is -2.50. The summed E-state index contributed by atoms with van der Waals surface area (Å²) in [5.74, 6) is -1.34. The lowest BCUT2D eigenvalue weighted by Gasteiger charge is -2.31. The van der Waals surface area contributed by atoms with Crippen LogP contribution < -0.4 is 5.32 Å². The third-order valence-corrected chi connectivity index (χ3v) is 4.19. The highest BCUT2D eigenvalue weighted by Crippen LogP contribution is 2.22. The van der Waals surface area contributed by atoms with E-state index in [9.17, 15) is 9.59 Å². The fraction of sp³-hybridized carbons (Fsp3) is 0.500. The Morgan fingerprint density at radius 1 is 1.60 bits per heavy atom. The number of carbonyl (C=O) groups excluding carboxylic acids is 1. The highest BCUT2D eigenvalue weighted by Gasteiger charge is 2.29. The van der Waals surface area contributed by atoms with Crippen molar-refractivity contribution in [2.75, 3.05) is 19.8 Å². The van der Waals surface area contributed by atoms with Crippen LogP contribution in [0.25, 0.3) is 0 Å². The van der Waals surface area contributed by atoms with Gasteiger partial charge in [-0.05, 0) is 17.9 Å². The number of amides is 1. The zero-order chi connectivity index (χ0) is 14.5. The van der Waals surface area contributed by atoms with Gasteiger partial charge in [-0.3, -0.25) is 4.79 Å². The predicted molar refractivity (Wildman–Crippen MR) is 73.4 cm³/mol. The van der Waals surface area contributed by atoms with Gasteiger partial charge in [0.15, 0.2) is 0 Å². The molecular weight excluding hydrogens is 306 g/mol. The molecular formula is C12H14ClNO5S. The molecule has 2 heterocycles. The highest BCUT2D eigenvalue weighted by atomic mass is 35.5. The third-order valence-electron chi connectivity index (χ3n) is 2.85. The van der Waals surface area contributed by atoms with Crippen LogP contribution in [0, 0.1) is 0 Å². The Balaban J connectivity index is 1.96. The van der Waals surface area contributed by atoms with Crippen molar-refractivity contribution in [2.24, 2.45) is 0 Å². The molecule has 0 bridgehead atoms. The van der Waals surface area contributed by atoms with Crippen LogP contribution in [-0.2, 0) is 14.3 Å². The molecule has 8 heteroatoms. The van der Waals surface area contributed by atoms with Crippen molar-refractivity contribution in [1.29, 1.82) is 0 Å². The molecule has 1 amide bonds. The predicted octanol–water partition coefficient (Wildman–Crippen LogP) is 1.39. The first kappa shape index (κ1) is 15.2. The van der Waals surface area contributed by atoms with Crippen molar-refractivity contribution in [1.82, 2.24) is 5.32 Å². The fourth-order valence-corrected chi connectivity index (χ4v) is 2.96. The number of nitrogens with one attached hydrogen (secondary N) is 1. The summed E-state index contributed by atoms with van der Waals surface area (Å²) in [7, 11) is 0. The minimum absolute atomic E-state index is 0.291. The van der Waals surface area contributed by atoms with E-state index in [-0.39, 0.29) is 18.1 Å². The summed E-state index contributed by atoms with van der Waals surface area (Å²) in [6, 6.07) is 1.27. The standard InChI is InChI=1S/C12H14ClNO5S/c13-7-2-4-20-11(7)12(17)14-8-5-18-3-1-9(8)19-6-10(15)16/h2,4,8-9H,1,3,5-6H2,(H,14,17)(H,15,16)/t8-,9+/m1/s1. The number of hydrogen-bond donors (Lipinski definition) is 2. The summed E-state index contributed by atoms with van der Waals surface area (Å²) >= 11 is 7.15. The third kappa shape index (κ3) is 3.92. The number of aliphatic carboxylic acids is 1. The first-order valence-corrected chi connectivity index (χ1v) is 7.28. The maximum atomic E-state index is 12.1. The second-order valence-corrected chi connectivity index (χ2v) is 5.61. The van der Waals surface area contributed by atoms with Crippen molar-refractivity contribution >= 4 is 34.8 Å². The number of carboxylic acids is 1. The maximum Gasteiger partial charge on any atom is 0.329 e. The summed E-state index contributed by atoms with van der Waals surface area (Å²) in [4.78, 5) is 23.0. The molecule has 1 aromatic rings. The molecule has 20 heavy (non-hydrogen) atoms. The lowest BCUT2D eigenvalue weighted by atomic mass is 10.1. The van der Waals surface area contributed by atoms with Gasteiger partial charge < -0.3 is 19.9 Å². The first-order chi connectivity index (χ1) is 9.58. The number of ether oxygens (including phenoxy) is 2. The van der Waals surface area contributed by atoms with E-state index in [0.29, 0.717) is 29.5 Å². The van der Waals surface area contributed by atoms with Crippen LogP contribution in [-0.4, -0.2) is 48.9 Å². The molecule has 1 saturated heterocycles. The van der Waals surface area contributed by atoms with Crippen LogP contribution in [0.4, 0.5) is 0 Å². The van der Waals surface area contributed by atoms with Crippen LogP contribution >= 0.6 is 22.9 Å². The quantitative estimate of drug-likeness (QED) is 0.856. The van der Waals surface area contributed by atoms with E-state index in [4.69, 9.17) is 26.2 Å². The lowest BCUT2D eigenvalue weighted by molar-refractivity contribution is -0.147. The van der Waals surface area contributed by atoms with Crippen LogP contribution in [0.15, 0.2) is 11.4 Å². The molecule has 0 spiro atoms. The number of carboxylic acid groups (broad SMARTS) is 1. The van der Waals surface area contributed by atoms with Gasteiger partial charge >= 0.3 is 5.97 Å². The molecule has 1 aliphatic rings. The summed E-state index contributed by atoms with van der Waals surface area (Å²) < 4.78 is 10.6. The van der Waals surface area contributed by atoms with Crippen LogP contribution in [0.2, 0.25) is 5.02 Å². The van der Waals surface area contributed by atoms with Gasteiger partial charge in [0.1, 0.15) is 11.5 Å². The SMILES string of the molecule is O=C(O)CO[C@H]1CCOC[C@H]1NC(=O)c1sccc1Cl. The number of thiophene rings is 1. The van der Waals surface area contributed by atoms with E-state index in [1.165, 1.54) is 11.3 Å². The van der Waals surface area contributed by atoms with Crippen molar-refractivity contribution in [3.8, 4) is 0 Å². The molecule has 0 saturated carbocycles. The molecule has 2 atom stereocenters. The molecule has 1 aromatic heterocycles. The van der Waals surface area contributed by atoms with E-state index < -0.39 is 12.6 Å². The van der Waals surface area contributed by atoms with E-state index in [1.54, 1.807) is 11.4 Å². The normalized spacial score (nSPS) is 22.4. The second kappa shape index (κ2) is 7.03. The van der Waals surface area contributed by atoms with Gasteiger partial charge in [0.2, 0.25) is 0 Å². The molecule has 110 valence electrons. The summed E-state index contributed by atoms with van der Waals surface area (Å²) in [6.07, 6.45) is 0.165. The number of carbonyl (C=O) groups is 2. The van der Waals surface area contributed by atoms with Gasteiger partial charge in [-0.25, -0.2) is 4.79 Å². The van der Waals surface area contributed by atoms with Crippen LogP contribution in [0.3, 0.4) is 0 Å². The monoisotopic (exact) mass is 319 g/mol. The van der Waals surface area contributed by atoms with Crippen molar-refractivity contribution < 1.29 is 24.2 Å². The minimum Gasteiger partial charge on any atom is -0.480 e. The Bertz CT molecular complexity index is 492. The summed E-state index contributed by atoms with van der Waals surface area (Å²) in [6.45, 7) is 0.381. The van der Waals surface area contributed by atoms with Gasteiger partial charge in [-0.15, -0.1) is 11.3 Å². The molecule has 1 aliphatic heterocycles. The Morgan fingerprint density at radius 3 is 3.05 bits per heavy atom. The average Bonchev–Trinajstić information content (AvgIpc) is 2.84. The van der Waals surface area contributed by atoms with Gasteiger partial charge in [0.25, 0.3) is 5.91 Å². The van der Waals surface area contributed by atoms with Gasteiger partial charge in [-0.1, -0.05) is 11.6 Å². The van der Waals surface area contributed by atoms with E-state index >= 15 is 0 Å². The number of halogens is 1. The first-order valence-electron chi connectivity index (χ1n) is 6.03. The summed E-state index contributed by atoms with van der Waals surface area (Å²) in [5.41, 5.74) is 0. The molecule has 2 rings (SSSR count). The molecule has 1 fully saturated rings. The van der Waals surface area contributed by atoms with E-state index in [0.717, 1.165) is 0 Å². The Hall–Kier alpha value is -1.15. The van der Waals surface area contributed by atoms with Crippen LogP contribution in [0.5, 0.6) is 0 Å². The van der Waals surface area contributed by atoms with Crippen molar-refractivity contribution in [3.63, 3.8) is 0 Å². The van der Waals surface area contributed by atoms with Crippen LogP contribution in [0.1, 0.15) is 16.1 Å². The fourth-order valence-electron chi connectivity index (χ4n) is 1.92. The van der Waals surface area contributed by atoms with Gasteiger partial charge in [0, 0.05) is 6.61 Å². The number of rotatable bonds is 5. The summed E-state index contributed by atoms with van der Waals surface area (Å²) in [5, 5.41) is 13.5. The molecule has 0 aliphatic carbocycles. The Labute approximate surface area is 124 Å². The zero-order valence-electron chi connectivity index (χ0n) is 10.5. The van der Waals surface area contributed by atoms with Gasteiger partial charge in [0.05, 0.1) is 23.8 Å². The second-order valence-electron chi connectivity index (χ2n) is 4.28. The minimum atomic E-state index is -1.04. The van der Waals surface area contributed by atoms with Gasteiger partial charge in [-0.2, -0.15) is 0 Å². The molecule has 0 aromatic carbocycles. The Morgan fingerprint density at radius 2 is 2.40 bits per heavy atom. The van der Waals surface area contributed by atoms with E-state index in [1.807, 2.05) is 0 Å². The number of hydrogen-bond acceptors (Lipinski definition) is 5. The Kier molecular flexibility index (Phi) is 5.36. The zero-order valence-corrected chi connectivity index (χ0v) is 12.1. The molecule has 0 radical (unpaired) electrons. The molecule has 0 unspecified atom stereocenters. The van der Waals surface area contributed by atoms with E-state index in [2.05, 4.69) is 5.32 Å². The highest BCUT2D eigenvalue weighted by molar-refractivity contribution is 7.12. The van der Waals surface area contributed by atoms with Crippen molar-refractivity contribution in [2.45, 2.75) is 18.6 Å². The smallest absolute Gasteiger partial charge is 0.329 e. The largest absolute Gasteiger partial charge is 0.480 e. The van der Waals surface area contributed by atoms with Crippen molar-refractivity contribution in [3.05, 3.63) is 21.3 Å². The maximum absolute atomic E-state index is 12.1.